The van der Waals surface area contributed by atoms with Gasteiger partial charge >= 0.3 is 0 Å². The molecule has 0 unspecified atom stereocenters. The number of amides is 1. The third-order valence-electron chi connectivity index (χ3n) is 3.58. The first kappa shape index (κ1) is 17.7. The van der Waals surface area contributed by atoms with Gasteiger partial charge in [0.2, 0.25) is 5.91 Å². The lowest BCUT2D eigenvalue weighted by atomic mass is 10.2. The van der Waals surface area contributed by atoms with Crippen molar-refractivity contribution < 1.29 is 22.3 Å². The van der Waals surface area contributed by atoms with Gasteiger partial charge in [0, 0.05) is 12.6 Å². The topological polar surface area (TPSA) is 75.7 Å². The minimum Gasteiger partial charge on any atom is -0.489 e. The second-order valence-electron chi connectivity index (χ2n) is 5.68. The molecule has 0 radical (unpaired) electrons. The Balaban J connectivity index is 1.67. The van der Waals surface area contributed by atoms with E-state index in [1.54, 1.807) is 30.1 Å². The van der Waals surface area contributed by atoms with Gasteiger partial charge in [0.15, 0.2) is 21.4 Å². The lowest BCUT2D eigenvalue weighted by Crippen LogP contribution is -2.42. The summed E-state index contributed by atoms with van der Waals surface area (Å²) >= 11 is 0. The predicted octanol–water partition coefficient (Wildman–Crippen LogP) is 0.440. The van der Waals surface area contributed by atoms with E-state index < -0.39 is 15.7 Å². The molecule has 1 saturated heterocycles. The molecule has 0 spiro atoms. The summed E-state index contributed by atoms with van der Waals surface area (Å²) in [6.07, 6.45) is 0.466. The molecule has 1 N–H and O–H groups in total. The van der Waals surface area contributed by atoms with Gasteiger partial charge in [0.25, 0.3) is 0 Å². The second kappa shape index (κ2) is 7.74. The summed E-state index contributed by atoms with van der Waals surface area (Å²) in [4.78, 5) is 13.6. The van der Waals surface area contributed by atoms with Gasteiger partial charge in [0.1, 0.15) is 6.61 Å². The van der Waals surface area contributed by atoms with Gasteiger partial charge < -0.3 is 10.1 Å². The normalized spacial score (nSPS) is 19.7. The fourth-order valence-corrected chi connectivity index (χ4v) is 4.05. The Morgan fingerprint density at radius 1 is 1.43 bits per heavy atom. The molecule has 1 aromatic rings. The molecule has 2 rings (SSSR count). The highest BCUT2D eigenvalue weighted by Gasteiger charge is 2.28. The Kier molecular flexibility index (Phi) is 5.95. The smallest absolute Gasteiger partial charge is 0.234 e. The highest BCUT2D eigenvalue weighted by atomic mass is 32.2. The van der Waals surface area contributed by atoms with Crippen molar-refractivity contribution in [1.29, 1.82) is 0 Å². The maximum atomic E-state index is 13.4. The Bertz CT molecular complexity index is 651. The van der Waals surface area contributed by atoms with Crippen molar-refractivity contribution in [2.75, 3.05) is 38.2 Å². The Labute approximate surface area is 135 Å². The van der Waals surface area contributed by atoms with Crippen molar-refractivity contribution in [2.24, 2.45) is 0 Å². The number of halogens is 1. The fourth-order valence-electron chi connectivity index (χ4n) is 2.38. The van der Waals surface area contributed by atoms with Crippen molar-refractivity contribution in [3.05, 3.63) is 30.1 Å². The summed E-state index contributed by atoms with van der Waals surface area (Å²) in [6, 6.07) is 5.84. The molecule has 1 aliphatic rings. The molecule has 23 heavy (non-hydrogen) atoms. The maximum Gasteiger partial charge on any atom is 0.234 e. The number of nitrogens with one attached hydrogen (secondary N) is 1. The number of rotatable bonds is 7. The van der Waals surface area contributed by atoms with Gasteiger partial charge in [-0.15, -0.1) is 0 Å². The molecule has 1 heterocycles. The van der Waals surface area contributed by atoms with E-state index in [1.807, 2.05) is 0 Å². The van der Waals surface area contributed by atoms with Crippen molar-refractivity contribution >= 4 is 15.7 Å². The molecule has 6 nitrogen and oxygen atoms in total. The van der Waals surface area contributed by atoms with Gasteiger partial charge in [-0.25, -0.2) is 12.8 Å². The molecule has 1 aliphatic heterocycles. The average Bonchev–Trinajstić information content (AvgIpc) is 2.79. The molecule has 128 valence electrons. The van der Waals surface area contributed by atoms with E-state index in [9.17, 15) is 17.6 Å². The van der Waals surface area contributed by atoms with Gasteiger partial charge in [0.05, 0.1) is 18.1 Å². The van der Waals surface area contributed by atoms with Gasteiger partial charge in [-0.2, -0.15) is 0 Å². The van der Waals surface area contributed by atoms with Crippen LogP contribution in [0.2, 0.25) is 0 Å². The molecule has 1 fully saturated rings. The van der Waals surface area contributed by atoms with Crippen molar-refractivity contribution in [1.82, 2.24) is 10.2 Å². The fraction of sp³-hybridized carbons (Fsp3) is 0.533. The van der Waals surface area contributed by atoms with Gasteiger partial charge in [-0.3, -0.25) is 9.69 Å². The summed E-state index contributed by atoms with van der Waals surface area (Å²) in [5, 5.41) is 2.72. The second-order valence-corrected chi connectivity index (χ2v) is 7.91. The predicted molar refractivity (Wildman–Crippen MR) is 84.6 cm³/mol. The van der Waals surface area contributed by atoms with Crippen LogP contribution in [-0.2, 0) is 14.6 Å². The third-order valence-corrected chi connectivity index (χ3v) is 5.35. The zero-order valence-electron chi connectivity index (χ0n) is 13.0. The van der Waals surface area contributed by atoms with Crippen LogP contribution in [0.15, 0.2) is 24.3 Å². The first-order valence-electron chi connectivity index (χ1n) is 7.41. The SMILES string of the molecule is CN(CCOc1ccccc1F)CC(=O)N[C@H]1CCS(=O)(=O)C1. The number of likely N-dealkylation sites (N-methyl/N-ethyl adjacent to an activating group) is 1. The molecule has 0 saturated carbocycles. The molecular formula is C15H21FN2O4S. The first-order chi connectivity index (χ1) is 10.9. The van der Waals surface area contributed by atoms with Crippen LogP contribution in [0.1, 0.15) is 6.42 Å². The molecule has 0 aliphatic carbocycles. The molecule has 8 heteroatoms. The van der Waals surface area contributed by atoms with E-state index in [2.05, 4.69) is 5.32 Å². The number of carbonyl (C=O) groups is 1. The Morgan fingerprint density at radius 2 is 2.17 bits per heavy atom. The minimum atomic E-state index is -3.00. The molecule has 1 aromatic carbocycles. The van der Waals surface area contributed by atoms with Crippen LogP contribution in [0.25, 0.3) is 0 Å². The maximum absolute atomic E-state index is 13.4. The number of carbonyl (C=O) groups excluding carboxylic acids is 1. The van der Waals surface area contributed by atoms with Crippen molar-refractivity contribution in [3.63, 3.8) is 0 Å². The molecular weight excluding hydrogens is 323 g/mol. The highest BCUT2D eigenvalue weighted by molar-refractivity contribution is 7.91. The monoisotopic (exact) mass is 344 g/mol. The first-order valence-corrected chi connectivity index (χ1v) is 9.23. The van der Waals surface area contributed by atoms with Crippen LogP contribution in [-0.4, -0.2) is 63.5 Å². The van der Waals surface area contributed by atoms with Gasteiger partial charge in [-0.05, 0) is 25.6 Å². The zero-order chi connectivity index (χ0) is 16.9. The van der Waals surface area contributed by atoms with E-state index in [-0.39, 0.29) is 42.4 Å². The number of sulfone groups is 1. The van der Waals surface area contributed by atoms with Crippen LogP contribution in [0.3, 0.4) is 0 Å². The highest BCUT2D eigenvalue weighted by Crippen LogP contribution is 2.15. The molecule has 1 atom stereocenters. The Hall–Kier alpha value is -1.67. The van der Waals surface area contributed by atoms with E-state index in [0.717, 1.165) is 0 Å². The lowest BCUT2D eigenvalue weighted by molar-refractivity contribution is -0.122. The number of hydrogen-bond donors (Lipinski definition) is 1. The van der Waals surface area contributed by atoms with Crippen molar-refractivity contribution in [3.8, 4) is 5.75 Å². The standard InChI is InChI=1S/C15H21FN2O4S/c1-18(7-8-22-14-5-3-2-4-13(14)16)10-15(19)17-12-6-9-23(20,21)11-12/h2-5,12H,6-11H2,1H3,(H,17,19)/t12-/m0/s1. The van der Waals surface area contributed by atoms with E-state index >= 15 is 0 Å². The number of nitrogens with zero attached hydrogens (tertiary/aromatic N) is 1. The number of hydrogen-bond acceptors (Lipinski definition) is 5. The molecule has 0 aromatic heterocycles. The number of ether oxygens (including phenoxy) is 1. The van der Waals surface area contributed by atoms with Gasteiger partial charge in [-0.1, -0.05) is 12.1 Å². The summed E-state index contributed by atoms with van der Waals surface area (Å²) < 4.78 is 41.4. The van der Waals surface area contributed by atoms with Crippen LogP contribution in [0.4, 0.5) is 4.39 Å². The molecule has 1 amide bonds. The number of para-hydroxylation sites is 1. The average molecular weight is 344 g/mol. The van der Waals surface area contributed by atoms with Crippen LogP contribution in [0, 0.1) is 5.82 Å². The van der Waals surface area contributed by atoms with Crippen molar-refractivity contribution in [2.45, 2.75) is 12.5 Å². The Morgan fingerprint density at radius 3 is 2.83 bits per heavy atom. The largest absolute Gasteiger partial charge is 0.489 e. The van der Waals surface area contributed by atoms with E-state index in [0.29, 0.717) is 13.0 Å². The summed E-state index contributed by atoms with van der Waals surface area (Å²) in [6.45, 7) is 0.838. The third kappa shape index (κ3) is 5.80. The van der Waals surface area contributed by atoms with E-state index in [4.69, 9.17) is 4.74 Å². The summed E-state index contributed by atoms with van der Waals surface area (Å²) in [7, 11) is -1.26. The van der Waals surface area contributed by atoms with Crippen LogP contribution >= 0.6 is 0 Å². The van der Waals surface area contributed by atoms with Crippen LogP contribution in [0.5, 0.6) is 5.75 Å². The van der Waals surface area contributed by atoms with E-state index in [1.165, 1.54) is 6.07 Å². The zero-order valence-corrected chi connectivity index (χ0v) is 13.8. The molecule has 0 bridgehead atoms. The minimum absolute atomic E-state index is 0.0127. The quantitative estimate of drug-likeness (QED) is 0.777. The summed E-state index contributed by atoms with van der Waals surface area (Å²) in [5.74, 6) is -0.319. The summed E-state index contributed by atoms with van der Waals surface area (Å²) in [5.41, 5.74) is 0. The number of benzene rings is 1. The lowest BCUT2D eigenvalue weighted by Gasteiger charge is -2.18. The van der Waals surface area contributed by atoms with Crippen LogP contribution < -0.4 is 10.1 Å².